The Labute approximate surface area is 118 Å². The molecule has 1 amide bonds. The van der Waals surface area contributed by atoms with E-state index in [1.807, 2.05) is 6.92 Å². The van der Waals surface area contributed by atoms with Crippen molar-refractivity contribution in [1.82, 2.24) is 5.32 Å². The summed E-state index contributed by atoms with van der Waals surface area (Å²) in [4.78, 5) is 22.2. The topological polar surface area (TPSA) is 84.3 Å². The van der Waals surface area contributed by atoms with Gasteiger partial charge in [-0.25, -0.2) is 0 Å². The van der Waals surface area contributed by atoms with E-state index in [1.165, 1.54) is 13.1 Å². The summed E-state index contributed by atoms with van der Waals surface area (Å²) in [6, 6.07) is 4.48. The molecular formula is C14H21N3O3. The maximum absolute atomic E-state index is 11.5. The van der Waals surface area contributed by atoms with Crippen LogP contribution in [0.4, 0.5) is 11.4 Å². The van der Waals surface area contributed by atoms with E-state index in [1.54, 1.807) is 12.1 Å². The first-order chi connectivity index (χ1) is 9.16. The number of hydrogen-bond acceptors (Lipinski definition) is 4. The van der Waals surface area contributed by atoms with E-state index < -0.39 is 4.92 Å². The maximum atomic E-state index is 11.5. The molecule has 1 rings (SSSR count). The van der Waals surface area contributed by atoms with Crippen LogP contribution in [-0.4, -0.2) is 23.9 Å². The molecule has 0 heterocycles. The average Bonchev–Trinajstić information content (AvgIpc) is 2.36. The Morgan fingerprint density at radius 1 is 1.35 bits per heavy atom. The molecule has 0 saturated carbocycles. The number of hydrogen-bond donors (Lipinski definition) is 2. The number of nitro groups is 1. The van der Waals surface area contributed by atoms with Crippen LogP contribution < -0.4 is 10.6 Å². The van der Waals surface area contributed by atoms with Crippen LogP contribution >= 0.6 is 0 Å². The lowest BCUT2D eigenvalue weighted by Gasteiger charge is -2.28. The summed E-state index contributed by atoms with van der Waals surface area (Å²) < 4.78 is 0. The Hall–Kier alpha value is -2.11. The highest BCUT2D eigenvalue weighted by Crippen LogP contribution is 2.29. The second-order valence-corrected chi connectivity index (χ2v) is 5.80. The third-order valence-electron chi connectivity index (χ3n) is 3.35. The lowest BCUT2D eigenvalue weighted by Crippen LogP contribution is -2.31. The van der Waals surface area contributed by atoms with Crippen molar-refractivity contribution in [2.45, 2.75) is 33.7 Å². The normalized spacial score (nSPS) is 12.7. The highest BCUT2D eigenvalue weighted by molar-refractivity contribution is 5.95. The molecule has 0 radical (unpaired) electrons. The summed E-state index contributed by atoms with van der Waals surface area (Å²) in [7, 11) is 1.49. The Morgan fingerprint density at radius 3 is 2.40 bits per heavy atom. The first-order valence-corrected chi connectivity index (χ1v) is 6.44. The van der Waals surface area contributed by atoms with Crippen LogP contribution in [-0.2, 0) is 0 Å². The van der Waals surface area contributed by atoms with Crippen LogP contribution in [0.3, 0.4) is 0 Å². The predicted octanol–water partition coefficient (Wildman–Crippen LogP) is 2.80. The first-order valence-electron chi connectivity index (χ1n) is 6.44. The van der Waals surface area contributed by atoms with Gasteiger partial charge in [0.05, 0.1) is 4.92 Å². The Kier molecular flexibility index (Phi) is 4.70. The van der Waals surface area contributed by atoms with Gasteiger partial charge in [0.25, 0.3) is 11.6 Å². The molecule has 1 aromatic rings. The van der Waals surface area contributed by atoms with Gasteiger partial charge in [-0.15, -0.1) is 0 Å². The van der Waals surface area contributed by atoms with Crippen molar-refractivity contribution in [2.24, 2.45) is 5.41 Å². The lowest BCUT2D eigenvalue weighted by atomic mass is 9.88. The Bertz CT molecular complexity index is 521. The van der Waals surface area contributed by atoms with E-state index in [2.05, 4.69) is 31.4 Å². The number of anilines is 1. The molecule has 0 aliphatic carbocycles. The summed E-state index contributed by atoms with van der Waals surface area (Å²) in [5, 5.41) is 16.7. The van der Waals surface area contributed by atoms with Crippen LogP contribution in [0, 0.1) is 15.5 Å². The molecule has 1 unspecified atom stereocenters. The standard InChI is InChI=1S/C14H21N3O3/c1-9(14(2,3)4)16-11-7-6-10(13(18)15-5)8-12(11)17(19)20/h6-9,16H,1-5H3,(H,15,18). The highest BCUT2D eigenvalue weighted by atomic mass is 16.6. The van der Waals surface area contributed by atoms with Gasteiger partial charge < -0.3 is 10.6 Å². The number of nitrogens with one attached hydrogen (secondary N) is 2. The van der Waals surface area contributed by atoms with Gasteiger partial charge in [-0.1, -0.05) is 20.8 Å². The van der Waals surface area contributed by atoms with E-state index in [0.717, 1.165) is 0 Å². The molecule has 0 spiro atoms. The molecular weight excluding hydrogens is 258 g/mol. The van der Waals surface area contributed by atoms with Crippen molar-refractivity contribution in [3.05, 3.63) is 33.9 Å². The Balaban J connectivity index is 3.14. The van der Waals surface area contributed by atoms with Crippen LogP contribution in [0.1, 0.15) is 38.1 Å². The third-order valence-corrected chi connectivity index (χ3v) is 3.35. The summed E-state index contributed by atoms with van der Waals surface area (Å²) in [6.07, 6.45) is 0. The van der Waals surface area contributed by atoms with Crippen LogP contribution in [0.25, 0.3) is 0 Å². The molecule has 2 N–H and O–H groups in total. The van der Waals surface area contributed by atoms with Gasteiger partial charge in [0.1, 0.15) is 5.69 Å². The van der Waals surface area contributed by atoms with Crippen molar-refractivity contribution in [1.29, 1.82) is 0 Å². The van der Waals surface area contributed by atoms with Gasteiger partial charge in [-0.2, -0.15) is 0 Å². The molecule has 6 heteroatoms. The van der Waals surface area contributed by atoms with Gasteiger partial charge in [-0.3, -0.25) is 14.9 Å². The van der Waals surface area contributed by atoms with Crippen LogP contribution in [0.15, 0.2) is 18.2 Å². The minimum atomic E-state index is -0.482. The van der Waals surface area contributed by atoms with Crippen molar-refractivity contribution >= 4 is 17.3 Å². The van der Waals surface area contributed by atoms with Crippen LogP contribution in [0.2, 0.25) is 0 Å². The van der Waals surface area contributed by atoms with E-state index >= 15 is 0 Å². The largest absolute Gasteiger partial charge is 0.377 e. The molecule has 1 aromatic carbocycles. The number of rotatable bonds is 4. The van der Waals surface area contributed by atoms with Gasteiger partial charge in [0, 0.05) is 24.7 Å². The number of nitro benzene ring substituents is 1. The number of carbonyl (C=O) groups is 1. The SMILES string of the molecule is CNC(=O)c1ccc(NC(C)C(C)(C)C)c([N+](=O)[O-])c1. The van der Waals surface area contributed by atoms with Crippen LogP contribution in [0.5, 0.6) is 0 Å². The monoisotopic (exact) mass is 279 g/mol. The number of amides is 1. The summed E-state index contributed by atoms with van der Waals surface area (Å²) in [5.41, 5.74) is 0.563. The van der Waals surface area contributed by atoms with Gasteiger partial charge in [-0.05, 0) is 24.5 Å². The fourth-order valence-electron chi connectivity index (χ4n) is 1.54. The lowest BCUT2D eigenvalue weighted by molar-refractivity contribution is -0.384. The fourth-order valence-corrected chi connectivity index (χ4v) is 1.54. The van der Waals surface area contributed by atoms with Gasteiger partial charge in [0.15, 0.2) is 0 Å². The van der Waals surface area contributed by atoms with Crippen molar-refractivity contribution in [3.8, 4) is 0 Å². The zero-order valence-corrected chi connectivity index (χ0v) is 12.5. The fraction of sp³-hybridized carbons (Fsp3) is 0.500. The smallest absolute Gasteiger partial charge is 0.293 e. The minimum Gasteiger partial charge on any atom is -0.377 e. The summed E-state index contributed by atoms with van der Waals surface area (Å²) in [5.74, 6) is -0.344. The van der Waals surface area contributed by atoms with E-state index in [9.17, 15) is 14.9 Å². The molecule has 20 heavy (non-hydrogen) atoms. The van der Waals surface area contributed by atoms with Crippen molar-refractivity contribution < 1.29 is 9.72 Å². The second-order valence-electron chi connectivity index (χ2n) is 5.80. The maximum Gasteiger partial charge on any atom is 0.293 e. The average molecular weight is 279 g/mol. The minimum absolute atomic E-state index is 0.0344. The molecule has 6 nitrogen and oxygen atoms in total. The quantitative estimate of drug-likeness (QED) is 0.655. The molecule has 0 aromatic heterocycles. The molecule has 0 fully saturated rings. The molecule has 0 aliphatic heterocycles. The van der Waals surface area contributed by atoms with Gasteiger partial charge >= 0.3 is 0 Å². The summed E-state index contributed by atoms with van der Waals surface area (Å²) >= 11 is 0. The van der Waals surface area contributed by atoms with Gasteiger partial charge in [0.2, 0.25) is 0 Å². The molecule has 0 aliphatic rings. The second kappa shape index (κ2) is 5.90. The molecule has 110 valence electrons. The van der Waals surface area contributed by atoms with E-state index in [-0.39, 0.29) is 28.6 Å². The molecule has 0 bridgehead atoms. The first kappa shape index (κ1) is 15.9. The highest BCUT2D eigenvalue weighted by Gasteiger charge is 2.24. The third kappa shape index (κ3) is 3.69. The Morgan fingerprint density at radius 2 is 1.95 bits per heavy atom. The zero-order valence-electron chi connectivity index (χ0n) is 12.5. The van der Waals surface area contributed by atoms with Crippen molar-refractivity contribution in [3.63, 3.8) is 0 Å². The molecule has 0 saturated heterocycles. The summed E-state index contributed by atoms with van der Waals surface area (Å²) in [6.45, 7) is 8.12. The number of benzene rings is 1. The van der Waals surface area contributed by atoms with E-state index in [0.29, 0.717) is 5.69 Å². The number of carbonyl (C=O) groups excluding carboxylic acids is 1. The zero-order chi connectivity index (χ0) is 15.5. The molecule has 1 atom stereocenters. The number of nitrogens with zero attached hydrogens (tertiary/aromatic N) is 1. The van der Waals surface area contributed by atoms with E-state index in [4.69, 9.17) is 0 Å². The van der Waals surface area contributed by atoms with Crippen molar-refractivity contribution in [2.75, 3.05) is 12.4 Å². The predicted molar refractivity (Wildman–Crippen MR) is 79.0 cm³/mol.